The van der Waals surface area contributed by atoms with Gasteiger partial charge in [0, 0.05) is 0 Å². The maximum atomic E-state index is 3.06. The summed E-state index contributed by atoms with van der Waals surface area (Å²) >= 11 is 1.36. The van der Waals surface area contributed by atoms with Crippen molar-refractivity contribution in [3.05, 3.63) is 144 Å². The van der Waals surface area contributed by atoms with Crippen LogP contribution >= 0.6 is 0 Å². The van der Waals surface area contributed by atoms with Gasteiger partial charge in [0.15, 0.2) is 0 Å². The van der Waals surface area contributed by atoms with Gasteiger partial charge in [0.1, 0.15) is 0 Å². The van der Waals surface area contributed by atoms with Crippen LogP contribution < -0.4 is 0 Å². The van der Waals surface area contributed by atoms with Crippen molar-refractivity contribution in [1.82, 2.24) is 0 Å². The summed E-state index contributed by atoms with van der Waals surface area (Å²) < 4.78 is 0. The van der Waals surface area contributed by atoms with Crippen molar-refractivity contribution in [3.63, 3.8) is 0 Å². The zero-order valence-electron chi connectivity index (χ0n) is 17.5. The first kappa shape index (κ1) is 29.2. The van der Waals surface area contributed by atoms with E-state index in [9.17, 15) is 0 Å². The molecule has 5 aromatic carbocycles. The summed E-state index contributed by atoms with van der Waals surface area (Å²) in [6, 6.07) is 41.8. The molecular weight excluding hydrogens is 444 g/mol. The van der Waals surface area contributed by atoms with Crippen molar-refractivity contribution >= 4 is 28.4 Å². The number of fused-ring (bicyclic) bond motifs is 2. The SMILES string of the molecule is [CH3-].[CH3-].[CH3-].[Si]=[Zr].[c-]1ccccc1.c1ccc2[cH-]ccc2c1.c1ccc2[cH-]ccc2c1. The van der Waals surface area contributed by atoms with Crippen LogP contribution in [-0.2, 0) is 23.3 Å². The molecule has 0 unspecified atom stereocenters. The Bertz CT molecular complexity index is 830. The second-order valence-electron chi connectivity index (χ2n) is 5.39. The van der Waals surface area contributed by atoms with Crippen LogP contribution in [0.1, 0.15) is 0 Å². The predicted octanol–water partition coefficient (Wildman–Crippen LogP) is 7.57. The first-order valence-electron chi connectivity index (χ1n) is 8.30. The van der Waals surface area contributed by atoms with Crippen molar-refractivity contribution in [3.8, 4) is 0 Å². The summed E-state index contributed by atoms with van der Waals surface area (Å²) in [7, 11) is 0. The van der Waals surface area contributed by atoms with Gasteiger partial charge in [-0.2, -0.15) is 71.4 Å². The fraction of sp³-hybridized carbons (Fsp3) is 0. The standard InChI is InChI=1S/2C9H7.C6H5.3CH3.Si.Zr/c2*1-2-5-9-7-3-6-8(9)4-1;1-2-4-6-5-3-1;;;;;/h2*1-7H;1-5H;3*1H3;;/q6*-1;;. The zero-order chi connectivity index (χ0) is 18.5. The van der Waals surface area contributed by atoms with E-state index in [-0.39, 0.29) is 22.3 Å². The minimum Gasteiger partial charge on any atom is -0.184 e. The minimum atomic E-state index is 0. The first-order valence-corrected chi connectivity index (χ1v) is 12.5. The van der Waals surface area contributed by atoms with Crippen molar-refractivity contribution in [1.29, 1.82) is 0 Å². The maximum Gasteiger partial charge on any atom is -0.0809 e. The smallest absolute Gasteiger partial charge is 0.0809 e. The van der Waals surface area contributed by atoms with Crippen LogP contribution in [0, 0.1) is 28.3 Å². The molecule has 0 heterocycles. The Morgan fingerprint density at radius 2 is 0.966 bits per heavy atom. The third kappa shape index (κ3) is 10.4. The summed E-state index contributed by atoms with van der Waals surface area (Å²) in [5.41, 5.74) is 0. The molecule has 0 spiro atoms. The Labute approximate surface area is 194 Å². The summed E-state index contributed by atoms with van der Waals surface area (Å²) in [6.45, 7) is 3.06. The van der Waals surface area contributed by atoms with E-state index in [0.29, 0.717) is 0 Å². The number of benzene rings is 3. The average Bonchev–Trinajstić information content (AvgIpc) is 3.41. The van der Waals surface area contributed by atoms with E-state index in [4.69, 9.17) is 0 Å². The van der Waals surface area contributed by atoms with Crippen LogP contribution in [0.4, 0.5) is 0 Å². The minimum absolute atomic E-state index is 0. The molecule has 29 heavy (non-hydrogen) atoms. The van der Waals surface area contributed by atoms with Gasteiger partial charge >= 0.3 is 30.2 Å². The van der Waals surface area contributed by atoms with E-state index >= 15 is 0 Å². The Morgan fingerprint density at radius 3 is 1.28 bits per heavy atom. The average molecular weight is 472 g/mol. The van der Waals surface area contributed by atoms with Crippen LogP contribution in [0.25, 0.3) is 21.5 Å². The van der Waals surface area contributed by atoms with Crippen molar-refractivity contribution < 1.29 is 23.3 Å². The number of hydrogen-bond donors (Lipinski definition) is 0. The first-order chi connectivity index (χ1) is 12.9. The molecule has 2 heteroatoms. The van der Waals surface area contributed by atoms with Gasteiger partial charge in [0.2, 0.25) is 0 Å². The van der Waals surface area contributed by atoms with E-state index < -0.39 is 0 Å². The quantitative estimate of drug-likeness (QED) is 0.161. The van der Waals surface area contributed by atoms with Crippen molar-refractivity contribution in [2.75, 3.05) is 0 Å². The van der Waals surface area contributed by atoms with Gasteiger partial charge in [0.25, 0.3) is 0 Å². The third-order valence-electron chi connectivity index (χ3n) is 3.70. The largest absolute Gasteiger partial charge is 0.184 e. The summed E-state index contributed by atoms with van der Waals surface area (Å²) in [4.78, 5) is 0. The Kier molecular flexibility index (Phi) is 18.2. The molecule has 0 amide bonds. The molecule has 0 fully saturated rings. The molecule has 0 aliphatic carbocycles. The fourth-order valence-corrected chi connectivity index (χ4v) is 2.48. The zero-order valence-corrected chi connectivity index (χ0v) is 20.9. The van der Waals surface area contributed by atoms with Crippen LogP contribution in [0.3, 0.4) is 0 Å². The van der Waals surface area contributed by atoms with Crippen LogP contribution in [0.5, 0.6) is 0 Å². The third-order valence-corrected chi connectivity index (χ3v) is 3.70. The Balaban J connectivity index is 0. The van der Waals surface area contributed by atoms with Crippen LogP contribution in [0.2, 0.25) is 0 Å². The van der Waals surface area contributed by atoms with Gasteiger partial charge < -0.3 is 22.3 Å². The molecule has 0 N–H and O–H groups in total. The topological polar surface area (TPSA) is 0 Å². The van der Waals surface area contributed by atoms with Gasteiger partial charge in [-0.15, -0.1) is 59.3 Å². The second kappa shape index (κ2) is 18.0. The van der Waals surface area contributed by atoms with E-state index in [2.05, 4.69) is 97.9 Å². The van der Waals surface area contributed by atoms with E-state index in [1.165, 1.54) is 44.9 Å². The summed E-state index contributed by atoms with van der Waals surface area (Å²) in [5.74, 6) is 0. The van der Waals surface area contributed by atoms with Gasteiger partial charge in [-0.05, 0) is 0 Å². The Hall–Kier alpha value is -2.02. The molecule has 0 atom stereocenters. The molecule has 2 radical (unpaired) electrons. The summed E-state index contributed by atoms with van der Waals surface area (Å²) in [5, 5.41) is 5.32. The monoisotopic (exact) mass is 470 g/mol. The fourth-order valence-electron chi connectivity index (χ4n) is 2.48. The normalized spacial score (nSPS) is 8.10. The van der Waals surface area contributed by atoms with Gasteiger partial charge in [-0.1, -0.05) is 12.1 Å². The summed E-state index contributed by atoms with van der Waals surface area (Å²) in [6.07, 6.45) is 0. The molecule has 0 saturated carbocycles. The van der Waals surface area contributed by atoms with E-state index in [0.717, 1.165) is 0 Å². The molecule has 0 nitrogen and oxygen atoms in total. The molecular formula is C27H28SiZr-6. The molecule has 0 aliphatic heterocycles. The number of hydrogen-bond acceptors (Lipinski definition) is 0. The Morgan fingerprint density at radius 1 is 0.552 bits per heavy atom. The molecule has 0 aromatic heterocycles. The van der Waals surface area contributed by atoms with Crippen molar-refractivity contribution in [2.24, 2.45) is 0 Å². The molecule has 0 bridgehead atoms. The molecule has 5 aromatic rings. The maximum absolute atomic E-state index is 3.06. The molecule has 0 aliphatic rings. The molecule has 0 saturated heterocycles. The van der Waals surface area contributed by atoms with Gasteiger partial charge in [0.05, 0.1) is 0 Å². The van der Waals surface area contributed by atoms with E-state index in [1.807, 2.05) is 30.3 Å². The molecule has 150 valence electrons. The number of rotatable bonds is 0. The second-order valence-corrected chi connectivity index (χ2v) is 5.39. The van der Waals surface area contributed by atoms with Crippen LogP contribution in [-0.4, -0.2) is 6.88 Å². The molecule has 5 rings (SSSR count). The van der Waals surface area contributed by atoms with E-state index in [1.54, 1.807) is 0 Å². The van der Waals surface area contributed by atoms with Gasteiger partial charge in [-0.25, -0.2) is 0 Å². The predicted molar refractivity (Wildman–Crippen MR) is 129 cm³/mol. The van der Waals surface area contributed by atoms with Gasteiger partial charge in [-0.3, -0.25) is 0 Å². The van der Waals surface area contributed by atoms with Crippen LogP contribution in [0.15, 0.2) is 115 Å². The van der Waals surface area contributed by atoms with Crippen molar-refractivity contribution in [2.45, 2.75) is 0 Å².